The van der Waals surface area contributed by atoms with Gasteiger partial charge in [-0.3, -0.25) is 4.98 Å². The minimum Gasteiger partial charge on any atom is -0.256 e. The summed E-state index contributed by atoms with van der Waals surface area (Å²) in [6, 6.07) is 8.01. The van der Waals surface area contributed by atoms with E-state index in [2.05, 4.69) is 18.0 Å². The average Bonchev–Trinajstić information content (AvgIpc) is 2.20. The van der Waals surface area contributed by atoms with Crippen molar-refractivity contribution in [1.82, 2.24) is 4.98 Å². The molecule has 1 aromatic carbocycles. The zero-order valence-corrected chi connectivity index (χ0v) is 8.88. The molecule has 0 saturated heterocycles. The number of aromatic nitrogens is 1. The number of aryl methyl sites for hydroxylation is 1. The van der Waals surface area contributed by atoms with Crippen LogP contribution in [0, 0.1) is 0 Å². The number of rotatable bonds is 2. The standard InChI is InChI=1S/C12H12ClN/c1-2-4-9-5-3-6-10-11(13)7-8-14-12(9)10/h3,5-8H,2,4H2,1H3. The normalized spacial score (nSPS) is 10.7. The maximum atomic E-state index is 6.09. The Labute approximate surface area is 88.7 Å². The van der Waals surface area contributed by atoms with Crippen LogP contribution in [0.2, 0.25) is 5.02 Å². The summed E-state index contributed by atoms with van der Waals surface area (Å²) in [6.07, 6.45) is 3.96. The van der Waals surface area contributed by atoms with Crippen molar-refractivity contribution in [3.8, 4) is 0 Å². The lowest BCUT2D eigenvalue weighted by molar-refractivity contribution is 0.926. The van der Waals surface area contributed by atoms with Crippen LogP contribution >= 0.6 is 11.6 Å². The second-order valence-corrected chi connectivity index (χ2v) is 3.76. The first-order valence-electron chi connectivity index (χ1n) is 4.85. The number of para-hydroxylation sites is 1. The summed E-state index contributed by atoms with van der Waals surface area (Å²) in [7, 11) is 0. The predicted molar refractivity (Wildman–Crippen MR) is 60.7 cm³/mol. The highest BCUT2D eigenvalue weighted by Crippen LogP contribution is 2.24. The van der Waals surface area contributed by atoms with Crippen LogP contribution in [0.3, 0.4) is 0 Å². The van der Waals surface area contributed by atoms with Gasteiger partial charge < -0.3 is 0 Å². The van der Waals surface area contributed by atoms with E-state index in [1.807, 2.05) is 18.2 Å². The van der Waals surface area contributed by atoms with Crippen LogP contribution in [0.25, 0.3) is 10.9 Å². The van der Waals surface area contributed by atoms with Crippen LogP contribution in [-0.4, -0.2) is 4.98 Å². The molecule has 0 aliphatic carbocycles. The quantitative estimate of drug-likeness (QED) is 0.726. The van der Waals surface area contributed by atoms with E-state index in [0.717, 1.165) is 28.8 Å². The van der Waals surface area contributed by atoms with E-state index in [4.69, 9.17) is 11.6 Å². The monoisotopic (exact) mass is 205 g/mol. The third kappa shape index (κ3) is 1.60. The van der Waals surface area contributed by atoms with Crippen LogP contribution in [0.15, 0.2) is 30.5 Å². The Morgan fingerprint density at radius 2 is 2.14 bits per heavy atom. The summed E-state index contributed by atoms with van der Waals surface area (Å²) in [6.45, 7) is 2.17. The van der Waals surface area contributed by atoms with E-state index in [1.54, 1.807) is 6.20 Å². The molecule has 0 bridgehead atoms. The molecule has 0 spiro atoms. The van der Waals surface area contributed by atoms with Gasteiger partial charge in [-0.2, -0.15) is 0 Å². The number of halogens is 1. The van der Waals surface area contributed by atoms with Crippen LogP contribution in [0.5, 0.6) is 0 Å². The predicted octanol–water partition coefficient (Wildman–Crippen LogP) is 3.84. The molecule has 2 aromatic rings. The molecule has 0 amide bonds. The number of nitrogens with zero attached hydrogens (tertiary/aromatic N) is 1. The number of pyridine rings is 1. The minimum atomic E-state index is 0.785. The Balaban J connectivity index is 2.68. The first-order valence-corrected chi connectivity index (χ1v) is 5.23. The maximum Gasteiger partial charge on any atom is 0.0748 e. The van der Waals surface area contributed by atoms with Crippen molar-refractivity contribution in [3.63, 3.8) is 0 Å². The molecule has 0 aliphatic rings. The Hall–Kier alpha value is -1.08. The van der Waals surface area contributed by atoms with Crippen molar-refractivity contribution in [3.05, 3.63) is 41.0 Å². The van der Waals surface area contributed by atoms with Gasteiger partial charge in [-0.1, -0.05) is 43.1 Å². The van der Waals surface area contributed by atoms with Crippen LogP contribution in [0.4, 0.5) is 0 Å². The van der Waals surface area contributed by atoms with Crippen LogP contribution in [-0.2, 0) is 6.42 Å². The molecule has 2 heteroatoms. The fourth-order valence-corrected chi connectivity index (χ4v) is 1.88. The Kier molecular flexibility index (Phi) is 2.69. The topological polar surface area (TPSA) is 12.9 Å². The lowest BCUT2D eigenvalue weighted by atomic mass is 10.1. The molecule has 0 aliphatic heterocycles. The van der Waals surface area contributed by atoms with E-state index < -0.39 is 0 Å². The van der Waals surface area contributed by atoms with Crippen LogP contribution < -0.4 is 0 Å². The number of benzene rings is 1. The Bertz CT molecular complexity index is 451. The highest BCUT2D eigenvalue weighted by molar-refractivity contribution is 6.35. The second kappa shape index (κ2) is 3.97. The van der Waals surface area contributed by atoms with Crippen molar-refractivity contribution < 1.29 is 0 Å². The SMILES string of the molecule is CCCc1cccc2c(Cl)ccnc12. The van der Waals surface area contributed by atoms with Gasteiger partial charge >= 0.3 is 0 Å². The van der Waals surface area contributed by atoms with Crippen molar-refractivity contribution in [2.75, 3.05) is 0 Å². The molecule has 14 heavy (non-hydrogen) atoms. The highest BCUT2D eigenvalue weighted by atomic mass is 35.5. The number of fused-ring (bicyclic) bond motifs is 1. The molecule has 0 atom stereocenters. The summed E-state index contributed by atoms with van der Waals surface area (Å²) in [5.74, 6) is 0. The smallest absolute Gasteiger partial charge is 0.0748 e. The molecule has 0 saturated carbocycles. The fraction of sp³-hybridized carbons (Fsp3) is 0.250. The van der Waals surface area contributed by atoms with Crippen LogP contribution in [0.1, 0.15) is 18.9 Å². The molecule has 1 nitrogen and oxygen atoms in total. The molecular weight excluding hydrogens is 194 g/mol. The zero-order chi connectivity index (χ0) is 9.97. The molecule has 0 N–H and O–H groups in total. The molecule has 1 heterocycles. The summed E-state index contributed by atoms with van der Waals surface area (Å²) in [5, 5.41) is 1.84. The van der Waals surface area contributed by atoms with Crippen molar-refractivity contribution >= 4 is 22.5 Å². The van der Waals surface area contributed by atoms with E-state index in [0.29, 0.717) is 0 Å². The van der Waals surface area contributed by atoms with Gasteiger partial charge in [0, 0.05) is 11.6 Å². The van der Waals surface area contributed by atoms with E-state index in [9.17, 15) is 0 Å². The lowest BCUT2D eigenvalue weighted by Gasteiger charge is -2.04. The molecular formula is C12H12ClN. The second-order valence-electron chi connectivity index (χ2n) is 3.36. The van der Waals surface area contributed by atoms with Gasteiger partial charge in [-0.05, 0) is 18.1 Å². The molecule has 0 fully saturated rings. The van der Waals surface area contributed by atoms with Gasteiger partial charge in [0.2, 0.25) is 0 Å². The van der Waals surface area contributed by atoms with Gasteiger partial charge in [-0.15, -0.1) is 0 Å². The van der Waals surface area contributed by atoms with E-state index >= 15 is 0 Å². The number of hydrogen-bond acceptors (Lipinski definition) is 1. The zero-order valence-electron chi connectivity index (χ0n) is 8.13. The third-order valence-electron chi connectivity index (χ3n) is 2.32. The fourth-order valence-electron chi connectivity index (χ4n) is 1.67. The van der Waals surface area contributed by atoms with E-state index in [-0.39, 0.29) is 0 Å². The summed E-state index contributed by atoms with van der Waals surface area (Å²) in [5.41, 5.74) is 2.33. The highest BCUT2D eigenvalue weighted by Gasteiger charge is 2.03. The molecule has 2 rings (SSSR count). The van der Waals surface area contributed by atoms with E-state index in [1.165, 1.54) is 5.56 Å². The summed E-state index contributed by atoms with van der Waals surface area (Å²) < 4.78 is 0. The Morgan fingerprint density at radius 3 is 2.93 bits per heavy atom. The first kappa shape index (κ1) is 9.47. The molecule has 72 valence electrons. The minimum absolute atomic E-state index is 0.785. The van der Waals surface area contributed by atoms with Gasteiger partial charge in [-0.25, -0.2) is 0 Å². The molecule has 0 unspecified atom stereocenters. The van der Waals surface area contributed by atoms with Crippen molar-refractivity contribution in [2.24, 2.45) is 0 Å². The molecule has 1 aromatic heterocycles. The van der Waals surface area contributed by atoms with Crippen molar-refractivity contribution in [2.45, 2.75) is 19.8 Å². The van der Waals surface area contributed by atoms with Gasteiger partial charge in [0.05, 0.1) is 10.5 Å². The van der Waals surface area contributed by atoms with Gasteiger partial charge in [0.15, 0.2) is 0 Å². The summed E-state index contributed by atoms with van der Waals surface area (Å²) in [4.78, 5) is 4.38. The van der Waals surface area contributed by atoms with Crippen molar-refractivity contribution in [1.29, 1.82) is 0 Å². The number of hydrogen-bond donors (Lipinski definition) is 0. The average molecular weight is 206 g/mol. The molecule has 0 radical (unpaired) electrons. The Morgan fingerprint density at radius 1 is 1.29 bits per heavy atom. The maximum absolute atomic E-state index is 6.09. The van der Waals surface area contributed by atoms with Gasteiger partial charge in [0.25, 0.3) is 0 Å². The summed E-state index contributed by atoms with van der Waals surface area (Å²) >= 11 is 6.09. The lowest BCUT2D eigenvalue weighted by Crippen LogP contribution is -1.88. The van der Waals surface area contributed by atoms with Gasteiger partial charge in [0.1, 0.15) is 0 Å². The third-order valence-corrected chi connectivity index (χ3v) is 2.65. The first-order chi connectivity index (χ1) is 6.83. The largest absolute Gasteiger partial charge is 0.256 e.